The molecule has 0 bridgehead atoms. The molecule has 1 fully saturated rings. The molecular formula is C10H15N3O2S. The minimum Gasteiger partial charge on any atom is -0.378 e. The van der Waals surface area contributed by atoms with E-state index in [1.165, 1.54) is 11.3 Å². The van der Waals surface area contributed by atoms with E-state index in [1.54, 1.807) is 5.38 Å². The van der Waals surface area contributed by atoms with Gasteiger partial charge in [0.25, 0.3) is 5.91 Å². The second-order valence-corrected chi connectivity index (χ2v) is 4.80. The van der Waals surface area contributed by atoms with Crippen LogP contribution in [0.5, 0.6) is 0 Å². The molecule has 0 radical (unpaired) electrons. The number of aromatic nitrogens is 1. The first-order chi connectivity index (χ1) is 7.66. The first-order valence-electron chi connectivity index (χ1n) is 5.27. The van der Waals surface area contributed by atoms with Gasteiger partial charge in [-0.2, -0.15) is 0 Å². The molecule has 0 spiro atoms. The number of hydrogen-bond acceptors (Lipinski definition) is 5. The Morgan fingerprint density at radius 1 is 1.81 bits per heavy atom. The number of thiazole rings is 1. The molecule has 1 aromatic rings. The number of nitrogens with zero attached hydrogens (tertiary/aromatic N) is 1. The normalized spacial score (nSPS) is 24.6. The summed E-state index contributed by atoms with van der Waals surface area (Å²) >= 11 is 1.27. The van der Waals surface area contributed by atoms with Crippen molar-refractivity contribution in [1.82, 2.24) is 10.3 Å². The Morgan fingerprint density at radius 3 is 3.19 bits per heavy atom. The molecule has 1 saturated heterocycles. The molecule has 2 rings (SSSR count). The summed E-state index contributed by atoms with van der Waals surface area (Å²) < 4.78 is 5.42. The molecule has 0 aliphatic carbocycles. The lowest BCUT2D eigenvalue weighted by Gasteiger charge is -2.13. The third-order valence-corrected chi connectivity index (χ3v) is 3.49. The van der Waals surface area contributed by atoms with Crippen molar-refractivity contribution in [1.29, 1.82) is 0 Å². The van der Waals surface area contributed by atoms with Crippen molar-refractivity contribution < 1.29 is 9.53 Å². The van der Waals surface area contributed by atoms with Gasteiger partial charge in [-0.1, -0.05) is 0 Å². The molecule has 6 heteroatoms. The highest BCUT2D eigenvalue weighted by Crippen LogP contribution is 2.19. The number of nitrogen functional groups attached to an aromatic ring is 1. The minimum atomic E-state index is -0.160. The van der Waals surface area contributed by atoms with Gasteiger partial charge in [0.2, 0.25) is 0 Å². The Hall–Kier alpha value is -1.14. The Labute approximate surface area is 98.0 Å². The van der Waals surface area contributed by atoms with Crippen LogP contribution in [-0.2, 0) is 4.74 Å². The lowest BCUT2D eigenvalue weighted by Crippen LogP contribution is -2.32. The van der Waals surface area contributed by atoms with Gasteiger partial charge in [0, 0.05) is 24.4 Å². The number of rotatable bonds is 3. The molecule has 1 aliphatic heterocycles. The summed E-state index contributed by atoms with van der Waals surface area (Å²) in [5.41, 5.74) is 5.86. The molecule has 2 heterocycles. The zero-order chi connectivity index (χ0) is 11.5. The van der Waals surface area contributed by atoms with E-state index >= 15 is 0 Å². The summed E-state index contributed by atoms with van der Waals surface area (Å²) in [6.07, 6.45) is 1.22. The molecule has 3 N–H and O–H groups in total. The summed E-state index contributed by atoms with van der Waals surface area (Å²) in [6, 6.07) is 0. The average molecular weight is 241 g/mol. The van der Waals surface area contributed by atoms with Gasteiger partial charge in [-0.05, 0) is 13.3 Å². The van der Waals surface area contributed by atoms with Crippen molar-refractivity contribution >= 4 is 22.4 Å². The second-order valence-electron chi connectivity index (χ2n) is 3.91. The Balaban J connectivity index is 1.84. The number of carbonyl (C=O) groups is 1. The van der Waals surface area contributed by atoms with Gasteiger partial charge in [-0.3, -0.25) is 4.79 Å². The van der Waals surface area contributed by atoms with Crippen molar-refractivity contribution in [2.24, 2.45) is 5.92 Å². The van der Waals surface area contributed by atoms with Gasteiger partial charge in [0.05, 0.1) is 6.10 Å². The first kappa shape index (κ1) is 11.3. The summed E-state index contributed by atoms with van der Waals surface area (Å²) in [6.45, 7) is 3.45. The topological polar surface area (TPSA) is 77.2 Å². The number of amides is 1. The third-order valence-electron chi connectivity index (χ3n) is 2.81. The molecular weight excluding hydrogens is 226 g/mol. The number of anilines is 1. The van der Waals surface area contributed by atoms with E-state index < -0.39 is 0 Å². The van der Waals surface area contributed by atoms with Crippen LogP contribution < -0.4 is 11.1 Å². The van der Waals surface area contributed by atoms with Crippen molar-refractivity contribution in [3.63, 3.8) is 0 Å². The number of hydrogen-bond donors (Lipinski definition) is 2. The Kier molecular flexibility index (Phi) is 3.40. The summed E-state index contributed by atoms with van der Waals surface area (Å²) in [5.74, 6) is 0.243. The maximum absolute atomic E-state index is 11.7. The SMILES string of the molecule is CC1OCCC1CNC(=O)c1csc(N)n1. The third kappa shape index (κ3) is 2.51. The van der Waals surface area contributed by atoms with Crippen LogP contribution in [0.2, 0.25) is 0 Å². The average Bonchev–Trinajstić information content (AvgIpc) is 2.84. The van der Waals surface area contributed by atoms with E-state index in [1.807, 2.05) is 6.92 Å². The molecule has 1 aromatic heterocycles. The van der Waals surface area contributed by atoms with E-state index in [0.29, 0.717) is 23.3 Å². The van der Waals surface area contributed by atoms with Crippen LogP contribution in [0, 0.1) is 5.92 Å². The maximum Gasteiger partial charge on any atom is 0.270 e. The smallest absolute Gasteiger partial charge is 0.270 e. The van der Waals surface area contributed by atoms with E-state index in [9.17, 15) is 4.79 Å². The molecule has 1 amide bonds. The van der Waals surface area contributed by atoms with Crippen LogP contribution >= 0.6 is 11.3 Å². The molecule has 16 heavy (non-hydrogen) atoms. The highest BCUT2D eigenvalue weighted by molar-refractivity contribution is 7.13. The van der Waals surface area contributed by atoms with Gasteiger partial charge in [0.15, 0.2) is 5.13 Å². The monoisotopic (exact) mass is 241 g/mol. The van der Waals surface area contributed by atoms with Gasteiger partial charge in [-0.25, -0.2) is 4.98 Å². The highest BCUT2D eigenvalue weighted by atomic mass is 32.1. The molecule has 5 nitrogen and oxygen atoms in total. The Morgan fingerprint density at radius 2 is 2.62 bits per heavy atom. The predicted molar refractivity (Wildman–Crippen MR) is 62.4 cm³/mol. The molecule has 1 aliphatic rings. The predicted octanol–water partition coefficient (Wildman–Crippen LogP) is 0.880. The van der Waals surface area contributed by atoms with Crippen LogP contribution in [0.25, 0.3) is 0 Å². The Bertz CT molecular complexity index is 380. The van der Waals surface area contributed by atoms with E-state index in [-0.39, 0.29) is 12.0 Å². The molecule has 0 aromatic carbocycles. The number of ether oxygens (including phenoxy) is 1. The second kappa shape index (κ2) is 4.80. The van der Waals surface area contributed by atoms with Gasteiger partial charge >= 0.3 is 0 Å². The fourth-order valence-corrected chi connectivity index (χ4v) is 2.29. The number of nitrogens with one attached hydrogen (secondary N) is 1. The van der Waals surface area contributed by atoms with Crippen LogP contribution in [0.15, 0.2) is 5.38 Å². The van der Waals surface area contributed by atoms with Crippen LogP contribution in [0.4, 0.5) is 5.13 Å². The van der Waals surface area contributed by atoms with E-state index in [2.05, 4.69) is 10.3 Å². The van der Waals surface area contributed by atoms with E-state index in [4.69, 9.17) is 10.5 Å². The van der Waals surface area contributed by atoms with Crippen molar-refractivity contribution in [3.8, 4) is 0 Å². The zero-order valence-corrected chi connectivity index (χ0v) is 9.92. The summed E-state index contributed by atoms with van der Waals surface area (Å²) in [5, 5.41) is 4.94. The fourth-order valence-electron chi connectivity index (χ4n) is 1.75. The lowest BCUT2D eigenvalue weighted by atomic mass is 10.0. The molecule has 88 valence electrons. The van der Waals surface area contributed by atoms with Gasteiger partial charge in [0.1, 0.15) is 5.69 Å². The first-order valence-corrected chi connectivity index (χ1v) is 6.15. The molecule has 2 atom stereocenters. The number of carbonyl (C=O) groups excluding carboxylic acids is 1. The lowest BCUT2D eigenvalue weighted by molar-refractivity contribution is 0.0904. The largest absolute Gasteiger partial charge is 0.378 e. The van der Waals surface area contributed by atoms with Gasteiger partial charge < -0.3 is 15.8 Å². The summed E-state index contributed by atoms with van der Waals surface area (Å²) in [7, 11) is 0. The quantitative estimate of drug-likeness (QED) is 0.823. The fraction of sp³-hybridized carbons (Fsp3) is 0.600. The minimum absolute atomic E-state index is 0.160. The molecule has 0 saturated carbocycles. The standard InChI is InChI=1S/C10H15N3O2S/c1-6-7(2-3-15-6)4-12-9(14)8-5-16-10(11)13-8/h5-7H,2-4H2,1H3,(H2,11,13)(H,12,14). The zero-order valence-electron chi connectivity index (χ0n) is 9.10. The van der Waals surface area contributed by atoms with Crippen molar-refractivity contribution in [2.75, 3.05) is 18.9 Å². The van der Waals surface area contributed by atoms with Crippen molar-refractivity contribution in [3.05, 3.63) is 11.1 Å². The molecule has 2 unspecified atom stereocenters. The van der Waals surface area contributed by atoms with Crippen LogP contribution in [-0.4, -0.2) is 30.1 Å². The van der Waals surface area contributed by atoms with Crippen LogP contribution in [0.3, 0.4) is 0 Å². The summed E-state index contributed by atoms with van der Waals surface area (Å²) in [4.78, 5) is 15.6. The van der Waals surface area contributed by atoms with Gasteiger partial charge in [-0.15, -0.1) is 11.3 Å². The van der Waals surface area contributed by atoms with Crippen LogP contribution in [0.1, 0.15) is 23.8 Å². The number of nitrogens with two attached hydrogens (primary N) is 1. The highest BCUT2D eigenvalue weighted by Gasteiger charge is 2.24. The van der Waals surface area contributed by atoms with Crippen molar-refractivity contribution in [2.45, 2.75) is 19.4 Å². The van der Waals surface area contributed by atoms with E-state index in [0.717, 1.165) is 13.0 Å². The maximum atomic E-state index is 11.7.